The molecule has 4 aliphatic rings. The van der Waals surface area contributed by atoms with Gasteiger partial charge >= 0.3 is 6.18 Å². The largest absolute Gasteiger partial charge is 0.416 e. The van der Waals surface area contributed by atoms with Gasteiger partial charge in [-0.1, -0.05) is 18.2 Å². The molecule has 0 spiro atoms. The molecule has 3 saturated heterocycles. The summed E-state index contributed by atoms with van der Waals surface area (Å²) in [5.74, 6) is -0.0422. The van der Waals surface area contributed by atoms with Crippen LogP contribution in [0.4, 0.5) is 17.6 Å². The smallest absolute Gasteiger partial charge is 0.378 e. The first-order chi connectivity index (χ1) is 19.3. The lowest BCUT2D eigenvalue weighted by molar-refractivity contribution is -0.137. The van der Waals surface area contributed by atoms with Gasteiger partial charge in [-0.2, -0.15) is 13.2 Å². The maximum Gasteiger partial charge on any atom is 0.416 e. The lowest BCUT2D eigenvalue weighted by Gasteiger charge is -2.37. The highest BCUT2D eigenvalue weighted by Crippen LogP contribution is 2.34. The van der Waals surface area contributed by atoms with Gasteiger partial charge in [0.05, 0.1) is 36.5 Å². The monoisotopic (exact) mass is 566 g/mol. The number of rotatable bonds is 7. The van der Waals surface area contributed by atoms with Crippen molar-refractivity contribution in [2.75, 3.05) is 39.4 Å². The summed E-state index contributed by atoms with van der Waals surface area (Å²) in [6.07, 6.45) is 2.67. The van der Waals surface area contributed by atoms with E-state index in [2.05, 4.69) is 15.6 Å². The fourth-order valence-electron chi connectivity index (χ4n) is 5.92. The van der Waals surface area contributed by atoms with Crippen molar-refractivity contribution in [3.05, 3.63) is 47.0 Å². The molecule has 0 aliphatic carbocycles. The molecule has 4 aliphatic heterocycles. The van der Waals surface area contributed by atoms with E-state index in [1.165, 1.54) is 12.1 Å². The zero-order valence-corrected chi connectivity index (χ0v) is 22.5. The number of amides is 1. The Hall–Kier alpha value is -2.34. The van der Waals surface area contributed by atoms with E-state index in [4.69, 9.17) is 9.47 Å². The molecule has 0 radical (unpaired) electrons. The second-order valence-corrected chi connectivity index (χ2v) is 11.1. The first-order valence-electron chi connectivity index (χ1n) is 14.3. The molecule has 5 atom stereocenters. The van der Waals surface area contributed by atoms with Crippen LogP contribution in [0.3, 0.4) is 0 Å². The van der Waals surface area contributed by atoms with Gasteiger partial charge < -0.3 is 25.0 Å². The second kappa shape index (κ2) is 13.1. The molecule has 0 aromatic heterocycles. The highest BCUT2D eigenvalue weighted by atomic mass is 19.4. The minimum absolute atomic E-state index is 0.0422. The predicted octanol–water partition coefficient (Wildman–Crippen LogP) is 3.99. The van der Waals surface area contributed by atoms with Crippen LogP contribution in [-0.2, 0) is 20.4 Å². The molecule has 3 unspecified atom stereocenters. The molecular weight excluding hydrogens is 528 g/mol. The first-order valence-corrected chi connectivity index (χ1v) is 14.3. The molecule has 2 N–H and O–H groups in total. The van der Waals surface area contributed by atoms with Crippen LogP contribution >= 0.6 is 0 Å². The zero-order chi connectivity index (χ0) is 28.1. The number of hydrogen-bond acceptors (Lipinski definition) is 6. The number of ether oxygens (including phenoxy) is 2. The van der Waals surface area contributed by atoms with Gasteiger partial charge in [-0.05, 0) is 56.2 Å². The van der Waals surface area contributed by atoms with E-state index in [1.807, 2.05) is 11.0 Å². The van der Waals surface area contributed by atoms with Gasteiger partial charge in [0, 0.05) is 50.6 Å². The van der Waals surface area contributed by atoms with Crippen LogP contribution in [0.1, 0.15) is 55.8 Å². The normalized spacial score (nSPS) is 30.2. The third-order valence-corrected chi connectivity index (χ3v) is 8.25. The third kappa shape index (κ3) is 7.48. The first kappa shape index (κ1) is 29.2. The number of piperidine rings is 1. The molecule has 3 fully saturated rings. The van der Waals surface area contributed by atoms with Crippen molar-refractivity contribution in [1.82, 2.24) is 15.5 Å². The summed E-state index contributed by atoms with van der Waals surface area (Å²) in [6.45, 7) is 3.03. The molecule has 11 heteroatoms. The molecule has 1 amide bonds. The van der Waals surface area contributed by atoms with Gasteiger partial charge in [-0.25, -0.2) is 4.39 Å². The van der Waals surface area contributed by atoms with Crippen LogP contribution in [0.25, 0.3) is 0 Å². The Morgan fingerprint density at radius 2 is 1.85 bits per heavy atom. The number of aliphatic imine (C=N–C) groups is 1. The van der Waals surface area contributed by atoms with Crippen molar-refractivity contribution in [3.63, 3.8) is 0 Å². The Bertz CT molecular complexity index is 1060. The number of benzene rings is 1. The van der Waals surface area contributed by atoms with Crippen molar-refractivity contribution >= 4 is 12.1 Å². The van der Waals surface area contributed by atoms with E-state index >= 15 is 0 Å². The number of nitrogens with one attached hydrogen (secondary N) is 2. The van der Waals surface area contributed by atoms with Crippen LogP contribution in [0.15, 0.2) is 40.9 Å². The Labute approximate surface area is 232 Å². The summed E-state index contributed by atoms with van der Waals surface area (Å²) in [5.41, 5.74) is 0.658. The summed E-state index contributed by atoms with van der Waals surface area (Å²) in [4.78, 5) is 19.4. The molecule has 7 nitrogen and oxygen atoms in total. The second-order valence-electron chi connectivity index (χ2n) is 11.1. The summed E-state index contributed by atoms with van der Waals surface area (Å²) in [7, 11) is 0. The number of halogens is 4. The van der Waals surface area contributed by atoms with Gasteiger partial charge in [0.2, 0.25) is 0 Å². The standard InChI is InChI=1S/C29H38F4N4O3/c30-25-18-39-13-10-26(25)36-22-8-11-37(12-9-22)28(38)20-14-23(16-34-15-20)35-17-24-2-1-3-27(40-24)19-4-6-21(7-5-19)29(31,32)33/h4-7,14-15,22-27,35-36H,1-3,8-13,16-18H2/t23?,24-,25?,26?,27+/m1/s1. The van der Waals surface area contributed by atoms with Gasteiger partial charge in [0.25, 0.3) is 5.91 Å². The van der Waals surface area contributed by atoms with Gasteiger partial charge in [-0.3, -0.25) is 9.79 Å². The lowest BCUT2D eigenvalue weighted by atomic mass is 9.97. The fourth-order valence-corrected chi connectivity index (χ4v) is 5.92. The highest BCUT2D eigenvalue weighted by Gasteiger charge is 2.32. The number of hydrogen-bond donors (Lipinski definition) is 2. The number of dihydropyridines is 1. The number of carbonyl (C=O) groups is 1. The minimum atomic E-state index is -4.35. The quantitative estimate of drug-likeness (QED) is 0.489. The van der Waals surface area contributed by atoms with Crippen LogP contribution in [0.5, 0.6) is 0 Å². The lowest BCUT2D eigenvalue weighted by Crippen LogP contribution is -2.52. The van der Waals surface area contributed by atoms with Gasteiger partial charge in [0.1, 0.15) is 6.17 Å². The van der Waals surface area contributed by atoms with Crippen molar-refractivity contribution in [3.8, 4) is 0 Å². The summed E-state index contributed by atoms with van der Waals surface area (Å²) in [6, 6.07) is 5.12. The van der Waals surface area contributed by atoms with E-state index in [-0.39, 0.29) is 42.8 Å². The van der Waals surface area contributed by atoms with Crippen LogP contribution in [-0.4, -0.2) is 86.8 Å². The average Bonchev–Trinajstić information content (AvgIpc) is 2.97. The Balaban J connectivity index is 1.08. The van der Waals surface area contributed by atoms with Gasteiger partial charge in [-0.15, -0.1) is 0 Å². The zero-order valence-electron chi connectivity index (χ0n) is 22.5. The highest BCUT2D eigenvalue weighted by molar-refractivity contribution is 6.12. The topological polar surface area (TPSA) is 75.2 Å². The Kier molecular flexibility index (Phi) is 9.55. The molecule has 40 heavy (non-hydrogen) atoms. The Morgan fingerprint density at radius 1 is 1.07 bits per heavy atom. The van der Waals surface area contributed by atoms with E-state index in [1.54, 1.807) is 6.21 Å². The van der Waals surface area contributed by atoms with Crippen molar-refractivity contribution in [1.29, 1.82) is 0 Å². The van der Waals surface area contributed by atoms with E-state index < -0.39 is 17.9 Å². The fraction of sp³-hybridized carbons (Fsp3) is 0.655. The van der Waals surface area contributed by atoms with Crippen molar-refractivity contribution in [2.45, 2.75) is 81.2 Å². The molecular formula is C29H38F4N4O3. The third-order valence-electron chi connectivity index (χ3n) is 8.25. The number of nitrogens with zero attached hydrogens (tertiary/aromatic N) is 2. The molecule has 0 bridgehead atoms. The van der Waals surface area contributed by atoms with Crippen LogP contribution in [0, 0.1) is 0 Å². The van der Waals surface area contributed by atoms with Crippen LogP contribution < -0.4 is 10.6 Å². The van der Waals surface area contributed by atoms with Crippen molar-refractivity contribution < 1.29 is 31.8 Å². The molecule has 1 aromatic carbocycles. The van der Waals surface area contributed by atoms with E-state index in [0.717, 1.165) is 49.8 Å². The summed E-state index contributed by atoms with van der Waals surface area (Å²) in [5, 5.41) is 6.87. The molecule has 4 heterocycles. The number of carbonyl (C=O) groups excluding carboxylic acids is 1. The molecule has 0 saturated carbocycles. The molecule has 1 aromatic rings. The molecule has 220 valence electrons. The minimum Gasteiger partial charge on any atom is -0.378 e. The average molecular weight is 567 g/mol. The number of likely N-dealkylation sites (tertiary alicyclic amines) is 1. The SMILES string of the molecule is O=C(C1=CC(NC[C@H]2CCC[C@@H](c3ccc(C(F)(F)F)cc3)O2)CN=C1)N1CCC(NC2CCOCC2F)CC1. The van der Waals surface area contributed by atoms with Crippen LogP contribution in [0.2, 0.25) is 0 Å². The predicted molar refractivity (Wildman–Crippen MR) is 143 cm³/mol. The van der Waals surface area contributed by atoms with E-state index in [9.17, 15) is 22.4 Å². The molecule has 5 rings (SSSR count). The van der Waals surface area contributed by atoms with E-state index in [0.29, 0.717) is 44.8 Å². The number of alkyl halides is 4. The van der Waals surface area contributed by atoms with Crippen molar-refractivity contribution in [2.24, 2.45) is 4.99 Å². The maximum absolute atomic E-state index is 14.1. The maximum atomic E-state index is 14.1. The Morgan fingerprint density at radius 3 is 2.58 bits per heavy atom. The van der Waals surface area contributed by atoms with Gasteiger partial charge in [0.15, 0.2) is 0 Å². The summed E-state index contributed by atoms with van der Waals surface area (Å²) >= 11 is 0. The summed E-state index contributed by atoms with van der Waals surface area (Å²) < 4.78 is 64.2.